The van der Waals surface area contributed by atoms with E-state index in [4.69, 9.17) is 9.88 Å². The molecule has 112 valence electrons. The quantitative estimate of drug-likeness (QED) is 0.833. The number of rotatable bonds is 5. The summed E-state index contributed by atoms with van der Waals surface area (Å²) in [5.41, 5.74) is -1.11. The van der Waals surface area contributed by atoms with Gasteiger partial charge >= 0.3 is 0 Å². The van der Waals surface area contributed by atoms with E-state index < -0.39 is 27.3 Å². The molecule has 1 aromatic carbocycles. The van der Waals surface area contributed by atoms with Crippen molar-refractivity contribution >= 4 is 15.9 Å². The fourth-order valence-corrected chi connectivity index (χ4v) is 2.17. The topological polar surface area (TPSA) is 98.5 Å². The third-order valence-corrected chi connectivity index (χ3v) is 3.38. The van der Waals surface area contributed by atoms with E-state index in [2.05, 4.69) is 5.32 Å². The maximum Gasteiger partial charge on any atom is 0.254 e. The van der Waals surface area contributed by atoms with Crippen LogP contribution in [0.2, 0.25) is 0 Å². The molecule has 0 spiro atoms. The van der Waals surface area contributed by atoms with E-state index >= 15 is 0 Å². The lowest BCUT2D eigenvalue weighted by Gasteiger charge is -2.25. The second-order valence-corrected chi connectivity index (χ2v) is 6.52. The SMILES string of the molecule is COCC(C)(C)NC(=O)c1cc(S(N)(=O)=O)ccc1F. The molecule has 0 saturated heterocycles. The number of carbonyl (C=O) groups excluding carboxylic acids is 1. The van der Waals surface area contributed by atoms with Gasteiger partial charge in [0.15, 0.2) is 0 Å². The minimum atomic E-state index is -4.00. The van der Waals surface area contributed by atoms with E-state index in [0.29, 0.717) is 0 Å². The van der Waals surface area contributed by atoms with Crippen molar-refractivity contribution in [3.8, 4) is 0 Å². The molecule has 0 radical (unpaired) electrons. The van der Waals surface area contributed by atoms with Crippen LogP contribution in [0.25, 0.3) is 0 Å². The molecule has 0 fully saturated rings. The number of benzene rings is 1. The Morgan fingerprint density at radius 1 is 1.45 bits per heavy atom. The van der Waals surface area contributed by atoms with E-state index in [9.17, 15) is 17.6 Å². The van der Waals surface area contributed by atoms with Crippen molar-refractivity contribution in [2.45, 2.75) is 24.3 Å². The molecular formula is C12H17FN2O4S. The summed E-state index contributed by atoms with van der Waals surface area (Å²) < 4.78 is 41.0. The molecule has 1 rings (SSSR count). The summed E-state index contributed by atoms with van der Waals surface area (Å²) in [7, 11) is -2.53. The molecule has 0 aliphatic heterocycles. The number of amides is 1. The Morgan fingerprint density at radius 2 is 2.05 bits per heavy atom. The summed E-state index contributed by atoms with van der Waals surface area (Å²) in [6, 6.07) is 2.79. The summed E-state index contributed by atoms with van der Waals surface area (Å²) in [5.74, 6) is -1.57. The van der Waals surface area contributed by atoms with Gasteiger partial charge in [-0.15, -0.1) is 0 Å². The lowest BCUT2D eigenvalue weighted by Crippen LogP contribution is -2.47. The van der Waals surface area contributed by atoms with Crippen molar-refractivity contribution in [3.63, 3.8) is 0 Å². The molecule has 20 heavy (non-hydrogen) atoms. The third-order valence-electron chi connectivity index (χ3n) is 2.47. The van der Waals surface area contributed by atoms with Crippen LogP contribution in [-0.2, 0) is 14.8 Å². The van der Waals surface area contributed by atoms with E-state index in [-0.39, 0.29) is 17.1 Å². The highest BCUT2D eigenvalue weighted by Gasteiger charge is 2.24. The van der Waals surface area contributed by atoms with Crippen molar-refractivity contribution in [1.29, 1.82) is 0 Å². The van der Waals surface area contributed by atoms with Crippen LogP contribution in [0.4, 0.5) is 4.39 Å². The standard InChI is InChI=1S/C12H17FN2O4S/c1-12(2,7-19-3)15-11(16)9-6-8(20(14,17)18)4-5-10(9)13/h4-6H,7H2,1-3H3,(H,15,16)(H2,14,17,18). The Labute approximate surface area is 117 Å². The normalized spacial score (nSPS) is 12.2. The average molecular weight is 304 g/mol. The Bertz CT molecular complexity index is 614. The second kappa shape index (κ2) is 5.86. The van der Waals surface area contributed by atoms with Gasteiger partial charge in [0, 0.05) is 7.11 Å². The summed E-state index contributed by atoms with van der Waals surface area (Å²) in [5, 5.41) is 7.50. The number of halogens is 1. The van der Waals surface area contributed by atoms with Crippen LogP contribution < -0.4 is 10.5 Å². The smallest absolute Gasteiger partial charge is 0.254 e. The molecule has 3 N–H and O–H groups in total. The summed E-state index contributed by atoms with van der Waals surface area (Å²) in [4.78, 5) is 11.7. The Hall–Kier alpha value is -1.51. The molecule has 6 nitrogen and oxygen atoms in total. The van der Waals surface area contributed by atoms with Crippen LogP contribution in [0.5, 0.6) is 0 Å². The van der Waals surface area contributed by atoms with Gasteiger partial charge in [-0.1, -0.05) is 0 Å². The minimum Gasteiger partial charge on any atom is -0.382 e. The zero-order valence-electron chi connectivity index (χ0n) is 11.4. The largest absolute Gasteiger partial charge is 0.382 e. The summed E-state index contributed by atoms with van der Waals surface area (Å²) in [6.07, 6.45) is 0. The predicted molar refractivity (Wildman–Crippen MR) is 71.2 cm³/mol. The number of primary sulfonamides is 1. The Morgan fingerprint density at radius 3 is 2.55 bits per heavy atom. The van der Waals surface area contributed by atoms with Gasteiger partial charge in [-0.3, -0.25) is 4.79 Å². The Kier molecular flexibility index (Phi) is 4.85. The van der Waals surface area contributed by atoms with Gasteiger partial charge in [0.2, 0.25) is 10.0 Å². The number of hydrogen-bond acceptors (Lipinski definition) is 4. The molecule has 0 aliphatic carbocycles. The molecule has 8 heteroatoms. The first kappa shape index (κ1) is 16.5. The number of nitrogens with one attached hydrogen (secondary N) is 1. The highest BCUT2D eigenvalue weighted by Crippen LogP contribution is 2.15. The molecule has 0 aromatic heterocycles. The lowest BCUT2D eigenvalue weighted by molar-refractivity contribution is 0.0816. The number of carbonyl (C=O) groups is 1. The molecule has 0 unspecified atom stereocenters. The predicted octanol–water partition coefficient (Wildman–Crippen LogP) is 0.628. The molecule has 0 saturated carbocycles. The number of sulfonamides is 1. The monoisotopic (exact) mass is 304 g/mol. The maximum absolute atomic E-state index is 13.6. The first-order chi connectivity index (χ1) is 9.07. The third kappa shape index (κ3) is 4.26. The molecule has 0 atom stereocenters. The molecule has 1 amide bonds. The van der Waals surface area contributed by atoms with E-state index in [1.807, 2.05) is 0 Å². The van der Waals surface area contributed by atoms with Crippen molar-refractivity contribution in [1.82, 2.24) is 5.32 Å². The lowest BCUT2D eigenvalue weighted by atomic mass is 10.1. The summed E-state index contributed by atoms with van der Waals surface area (Å²) in [6.45, 7) is 3.60. The van der Waals surface area contributed by atoms with Gasteiger partial charge < -0.3 is 10.1 Å². The van der Waals surface area contributed by atoms with Gasteiger partial charge in [-0.05, 0) is 32.0 Å². The zero-order valence-corrected chi connectivity index (χ0v) is 12.3. The van der Waals surface area contributed by atoms with E-state index in [1.165, 1.54) is 7.11 Å². The van der Waals surface area contributed by atoms with E-state index in [1.54, 1.807) is 13.8 Å². The maximum atomic E-state index is 13.6. The van der Waals surface area contributed by atoms with Crippen LogP contribution in [0.15, 0.2) is 23.1 Å². The average Bonchev–Trinajstić information content (AvgIpc) is 2.26. The van der Waals surface area contributed by atoms with Crippen molar-refractivity contribution in [2.75, 3.05) is 13.7 Å². The van der Waals surface area contributed by atoms with Gasteiger partial charge in [-0.25, -0.2) is 17.9 Å². The van der Waals surface area contributed by atoms with Crippen molar-refractivity contribution < 1.29 is 22.3 Å². The van der Waals surface area contributed by atoms with Gasteiger partial charge in [0.25, 0.3) is 5.91 Å². The first-order valence-corrected chi connectivity index (χ1v) is 7.25. The fourth-order valence-electron chi connectivity index (χ4n) is 1.63. The number of ether oxygens (including phenoxy) is 1. The summed E-state index contributed by atoms with van der Waals surface area (Å²) >= 11 is 0. The van der Waals surface area contributed by atoms with Crippen LogP contribution in [0, 0.1) is 5.82 Å². The fraction of sp³-hybridized carbons (Fsp3) is 0.417. The number of methoxy groups -OCH3 is 1. The van der Waals surface area contributed by atoms with E-state index in [0.717, 1.165) is 18.2 Å². The molecule has 1 aromatic rings. The number of hydrogen-bond donors (Lipinski definition) is 2. The molecule has 0 aliphatic rings. The first-order valence-electron chi connectivity index (χ1n) is 5.70. The van der Waals surface area contributed by atoms with Gasteiger partial charge in [-0.2, -0.15) is 0 Å². The number of nitrogens with two attached hydrogens (primary N) is 1. The Balaban J connectivity index is 3.10. The second-order valence-electron chi connectivity index (χ2n) is 4.96. The van der Waals surface area contributed by atoms with Crippen molar-refractivity contribution in [2.24, 2.45) is 5.14 Å². The van der Waals surface area contributed by atoms with Gasteiger partial charge in [0.1, 0.15) is 5.82 Å². The van der Waals surface area contributed by atoms with Crippen LogP contribution in [0.1, 0.15) is 24.2 Å². The van der Waals surface area contributed by atoms with Crippen LogP contribution in [-0.4, -0.2) is 33.6 Å². The van der Waals surface area contributed by atoms with Crippen molar-refractivity contribution in [3.05, 3.63) is 29.6 Å². The van der Waals surface area contributed by atoms with Crippen LogP contribution >= 0.6 is 0 Å². The highest BCUT2D eigenvalue weighted by atomic mass is 32.2. The minimum absolute atomic E-state index is 0.217. The molecule has 0 bridgehead atoms. The molecular weight excluding hydrogens is 287 g/mol. The highest BCUT2D eigenvalue weighted by molar-refractivity contribution is 7.89. The van der Waals surface area contributed by atoms with Gasteiger partial charge in [0.05, 0.1) is 22.6 Å². The zero-order chi connectivity index (χ0) is 15.6. The van der Waals surface area contributed by atoms with Crippen LogP contribution in [0.3, 0.4) is 0 Å². The molecule has 0 heterocycles.